The van der Waals surface area contributed by atoms with Gasteiger partial charge in [-0.25, -0.2) is 5.43 Å². The van der Waals surface area contributed by atoms with Crippen LogP contribution >= 0.6 is 0 Å². The third kappa shape index (κ3) is 6.24. The summed E-state index contributed by atoms with van der Waals surface area (Å²) in [6.45, 7) is 5.70. The van der Waals surface area contributed by atoms with Crippen LogP contribution in [-0.2, 0) is 4.79 Å². The summed E-state index contributed by atoms with van der Waals surface area (Å²) in [5.41, 5.74) is 8.27. The molecule has 3 aromatic rings. The monoisotopic (exact) mass is 411 g/mol. The fourth-order valence-electron chi connectivity index (χ4n) is 2.94. The summed E-state index contributed by atoms with van der Waals surface area (Å²) < 4.78 is 0. The summed E-state index contributed by atoms with van der Waals surface area (Å²) in [5, 5.41) is 7.05. The Morgan fingerprint density at radius 1 is 0.903 bits per heavy atom. The maximum absolute atomic E-state index is 12.3. The molecule has 3 aromatic carbocycles. The second-order valence-electron chi connectivity index (χ2n) is 7.27. The van der Waals surface area contributed by atoms with Gasteiger partial charge in [0.05, 0.1) is 5.71 Å². The maximum Gasteiger partial charge on any atom is 0.271 e. The van der Waals surface area contributed by atoms with Crippen molar-refractivity contribution in [1.82, 2.24) is 5.43 Å². The van der Waals surface area contributed by atoms with Crippen LogP contribution in [0.5, 0.6) is 0 Å². The van der Waals surface area contributed by atoms with Crippen molar-refractivity contribution in [2.45, 2.75) is 20.8 Å². The minimum atomic E-state index is -0.261. The highest BCUT2D eigenvalue weighted by Crippen LogP contribution is 2.13. The Morgan fingerprint density at radius 3 is 2.39 bits per heavy atom. The molecule has 0 radical (unpaired) electrons. The minimum absolute atomic E-state index is 0.222. The van der Waals surface area contributed by atoms with Gasteiger partial charge in [-0.15, -0.1) is 0 Å². The molecule has 0 saturated carbocycles. The van der Waals surface area contributed by atoms with Crippen molar-refractivity contribution in [3.63, 3.8) is 0 Å². The smallest absolute Gasteiger partial charge is 0.271 e. The van der Waals surface area contributed by atoms with E-state index in [1.807, 2.05) is 74.5 Å². The summed E-state index contributed by atoms with van der Waals surface area (Å²) in [4.78, 5) is 24.6. The number of anilines is 1. The lowest BCUT2D eigenvalue weighted by atomic mass is 10.1. The first-order valence-corrected chi connectivity index (χ1v) is 9.99. The zero-order chi connectivity index (χ0) is 22.2. The van der Waals surface area contributed by atoms with E-state index in [1.165, 1.54) is 11.6 Å². The van der Waals surface area contributed by atoms with Gasteiger partial charge in [0, 0.05) is 17.3 Å². The van der Waals surface area contributed by atoms with Crippen molar-refractivity contribution in [2.24, 2.45) is 5.10 Å². The van der Waals surface area contributed by atoms with Crippen molar-refractivity contribution in [2.75, 3.05) is 5.32 Å². The van der Waals surface area contributed by atoms with Crippen LogP contribution in [0.4, 0.5) is 5.69 Å². The summed E-state index contributed by atoms with van der Waals surface area (Å²) in [5.74, 6) is -0.483. The number of amides is 2. The number of benzene rings is 3. The molecule has 0 aromatic heterocycles. The number of aryl methyl sites for hydroxylation is 2. The number of nitrogens with one attached hydrogen (secondary N) is 2. The highest BCUT2D eigenvalue weighted by molar-refractivity contribution is 6.04. The molecule has 3 rings (SSSR count). The van der Waals surface area contributed by atoms with Crippen LogP contribution < -0.4 is 10.7 Å². The van der Waals surface area contributed by atoms with E-state index in [0.717, 1.165) is 16.7 Å². The number of carbonyl (C=O) groups is 2. The lowest BCUT2D eigenvalue weighted by Crippen LogP contribution is -2.20. The number of rotatable bonds is 6. The van der Waals surface area contributed by atoms with Crippen LogP contribution in [0, 0.1) is 13.8 Å². The largest absolute Gasteiger partial charge is 0.322 e. The average Bonchev–Trinajstić information content (AvgIpc) is 2.77. The molecule has 2 N–H and O–H groups in total. The molecular formula is C26H25N3O2. The van der Waals surface area contributed by atoms with E-state index < -0.39 is 0 Å². The first-order valence-electron chi connectivity index (χ1n) is 9.99. The van der Waals surface area contributed by atoms with Gasteiger partial charge in [-0.2, -0.15) is 5.10 Å². The lowest BCUT2D eigenvalue weighted by Gasteiger charge is -2.07. The van der Waals surface area contributed by atoms with E-state index in [-0.39, 0.29) is 11.8 Å². The van der Waals surface area contributed by atoms with Gasteiger partial charge in [-0.1, -0.05) is 60.2 Å². The molecule has 0 aliphatic carbocycles. The Labute approximate surface area is 182 Å². The molecule has 5 nitrogen and oxygen atoms in total. The molecule has 0 unspecified atom stereocenters. The Morgan fingerprint density at radius 2 is 1.65 bits per heavy atom. The van der Waals surface area contributed by atoms with Crippen molar-refractivity contribution in [3.05, 3.63) is 107 Å². The molecule has 0 aliphatic rings. The van der Waals surface area contributed by atoms with Gasteiger partial charge < -0.3 is 5.32 Å². The number of nitrogens with zero attached hydrogens (tertiary/aromatic N) is 1. The SMILES string of the molecule is C/C(=N/NC(=O)c1ccccc1C)c1cccc(NC(=O)/C=C/c2ccc(C)cc2)c1. The molecule has 5 heteroatoms. The quantitative estimate of drug-likeness (QED) is 0.336. The number of hydrogen-bond donors (Lipinski definition) is 2. The molecule has 0 atom stereocenters. The van der Waals surface area contributed by atoms with E-state index in [9.17, 15) is 9.59 Å². The van der Waals surface area contributed by atoms with Gasteiger partial charge in [0.1, 0.15) is 0 Å². The predicted molar refractivity (Wildman–Crippen MR) is 126 cm³/mol. The Kier molecular flexibility index (Phi) is 7.12. The molecule has 0 fully saturated rings. The van der Waals surface area contributed by atoms with E-state index in [4.69, 9.17) is 0 Å². The average molecular weight is 412 g/mol. The maximum atomic E-state index is 12.3. The molecule has 2 amide bonds. The van der Waals surface area contributed by atoms with E-state index in [2.05, 4.69) is 15.8 Å². The third-order valence-corrected chi connectivity index (χ3v) is 4.77. The fourth-order valence-corrected chi connectivity index (χ4v) is 2.94. The van der Waals surface area contributed by atoms with Gasteiger partial charge in [-0.05, 0) is 61.7 Å². The van der Waals surface area contributed by atoms with E-state index >= 15 is 0 Å². The standard InChI is InChI=1S/C26H25N3O2/c1-18-11-13-21(14-12-18)15-16-25(30)27-23-9-6-8-22(17-23)20(3)28-29-26(31)24-10-5-4-7-19(24)2/h4-17H,1-3H3,(H,27,30)(H,29,31)/b16-15+,28-20-. The number of hydrogen-bond acceptors (Lipinski definition) is 3. The Bertz CT molecular complexity index is 1150. The zero-order valence-corrected chi connectivity index (χ0v) is 17.8. The topological polar surface area (TPSA) is 70.6 Å². The van der Waals surface area contributed by atoms with E-state index in [0.29, 0.717) is 17.0 Å². The van der Waals surface area contributed by atoms with Crippen LogP contribution in [0.15, 0.2) is 84.0 Å². The summed E-state index contributed by atoms with van der Waals surface area (Å²) in [6.07, 6.45) is 3.27. The lowest BCUT2D eigenvalue weighted by molar-refractivity contribution is -0.111. The highest BCUT2D eigenvalue weighted by atomic mass is 16.2. The molecule has 0 heterocycles. The fraction of sp³-hybridized carbons (Fsp3) is 0.115. The molecule has 0 bridgehead atoms. The number of hydrazone groups is 1. The van der Waals surface area contributed by atoms with Crippen LogP contribution in [0.2, 0.25) is 0 Å². The Hall–Kier alpha value is -3.99. The number of carbonyl (C=O) groups excluding carboxylic acids is 2. The molecule has 0 spiro atoms. The van der Waals surface area contributed by atoms with Crippen molar-refractivity contribution in [3.8, 4) is 0 Å². The first-order chi connectivity index (χ1) is 14.9. The molecule has 0 aliphatic heterocycles. The van der Waals surface area contributed by atoms with Crippen LogP contribution in [0.1, 0.15) is 39.5 Å². The predicted octanol–water partition coefficient (Wildman–Crippen LogP) is 5.11. The van der Waals surface area contributed by atoms with Gasteiger partial charge in [-0.3, -0.25) is 9.59 Å². The van der Waals surface area contributed by atoms with Gasteiger partial charge in [0.15, 0.2) is 0 Å². The molecular weight excluding hydrogens is 386 g/mol. The summed E-state index contributed by atoms with van der Waals surface area (Å²) in [6, 6.07) is 22.6. The van der Waals surface area contributed by atoms with Crippen molar-refractivity contribution in [1.29, 1.82) is 0 Å². The van der Waals surface area contributed by atoms with Crippen LogP contribution in [0.25, 0.3) is 6.08 Å². The molecule has 156 valence electrons. The third-order valence-electron chi connectivity index (χ3n) is 4.77. The van der Waals surface area contributed by atoms with Crippen molar-refractivity contribution >= 4 is 29.3 Å². The summed E-state index contributed by atoms with van der Waals surface area (Å²) in [7, 11) is 0. The van der Waals surface area contributed by atoms with Gasteiger partial charge in [0.25, 0.3) is 5.91 Å². The Balaban J connectivity index is 1.64. The zero-order valence-electron chi connectivity index (χ0n) is 17.8. The van der Waals surface area contributed by atoms with E-state index in [1.54, 1.807) is 25.1 Å². The molecule has 0 saturated heterocycles. The normalized spacial score (nSPS) is 11.4. The molecule has 31 heavy (non-hydrogen) atoms. The first kappa shape index (κ1) is 21.7. The van der Waals surface area contributed by atoms with Gasteiger partial charge in [0.2, 0.25) is 5.91 Å². The van der Waals surface area contributed by atoms with Crippen LogP contribution in [0.3, 0.4) is 0 Å². The highest BCUT2D eigenvalue weighted by Gasteiger charge is 2.08. The van der Waals surface area contributed by atoms with Crippen molar-refractivity contribution < 1.29 is 9.59 Å². The second-order valence-corrected chi connectivity index (χ2v) is 7.27. The van der Waals surface area contributed by atoms with Crippen LogP contribution in [-0.4, -0.2) is 17.5 Å². The summed E-state index contributed by atoms with van der Waals surface area (Å²) >= 11 is 0. The minimum Gasteiger partial charge on any atom is -0.322 e. The van der Waals surface area contributed by atoms with Gasteiger partial charge >= 0.3 is 0 Å². The second kappa shape index (κ2) is 10.2.